The lowest BCUT2D eigenvalue weighted by Gasteiger charge is -2.15. The highest BCUT2D eigenvalue weighted by Gasteiger charge is 2.24. The fraction of sp³-hybridized carbons (Fsp3) is 0. The van der Waals surface area contributed by atoms with Gasteiger partial charge in [0.25, 0.3) is 0 Å². The molecule has 4 aromatic heterocycles. The van der Waals surface area contributed by atoms with E-state index in [0.717, 1.165) is 66.6 Å². The Morgan fingerprint density at radius 2 is 0.852 bits per heavy atom. The van der Waals surface area contributed by atoms with Crippen molar-refractivity contribution < 1.29 is 0 Å². The fourth-order valence-electron chi connectivity index (χ4n) is 7.98. The zero-order valence-electron chi connectivity index (χ0n) is 29.0. The lowest BCUT2D eigenvalue weighted by molar-refractivity contribution is 1.01. The Hall–Kier alpha value is -7.44. The van der Waals surface area contributed by atoms with E-state index in [1.54, 1.807) is 0 Å². The number of hydrogen-bond acceptors (Lipinski definition) is 4. The van der Waals surface area contributed by atoms with Gasteiger partial charge in [-0.05, 0) is 30.3 Å². The van der Waals surface area contributed by atoms with Crippen LogP contribution in [0.1, 0.15) is 0 Å². The summed E-state index contributed by atoms with van der Waals surface area (Å²) >= 11 is 0. The molecule has 6 heteroatoms. The topological polar surface area (TPSA) is 61.4 Å². The van der Waals surface area contributed by atoms with Crippen LogP contribution in [0.15, 0.2) is 182 Å². The van der Waals surface area contributed by atoms with Crippen LogP contribution in [0.5, 0.6) is 0 Å². The monoisotopic (exact) mass is 690 g/mol. The molecule has 54 heavy (non-hydrogen) atoms. The molecule has 0 saturated carbocycles. The summed E-state index contributed by atoms with van der Waals surface area (Å²) in [4.78, 5) is 21.3. The van der Waals surface area contributed by atoms with Crippen molar-refractivity contribution in [2.45, 2.75) is 0 Å². The van der Waals surface area contributed by atoms with Gasteiger partial charge in [-0.15, -0.1) is 0 Å². The van der Waals surface area contributed by atoms with Crippen molar-refractivity contribution in [3.05, 3.63) is 182 Å². The molecule has 0 aliphatic rings. The second-order valence-corrected chi connectivity index (χ2v) is 13.5. The van der Waals surface area contributed by atoms with Crippen LogP contribution in [-0.2, 0) is 0 Å². The van der Waals surface area contributed by atoms with Gasteiger partial charge in [-0.1, -0.05) is 152 Å². The highest BCUT2D eigenvalue weighted by Crippen LogP contribution is 2.42. The molecule has 4 heterocycles. The summed E-state index contributed by atoms with van der Waals surface area (Å²) in [5.41, 5.74) is 11.2. The van der Waals surface area contributed by atoms with E-state index < -0.39 is 0 Å². The minimum absolute atomic E-state index is 0.558. The lowest BCUT2D eigenvalue weighted by Crippen LogP contribution is -2.07. The molecule has 0 saturated heterocycles. The van der Waals surface area contributed by atoms with Crippen LogP contribution in [0.2, 0.25) is 0 Å². The summed E-state index contributed by atoms with van der Waals surface area (Å²) in [5.74, 6) is 1.19. The van der Waals surface area contributed by atoms with Gasteiger partial charge >= 0.3 is 0 Å². The van der Waals surface area contributed by atoms with Crippen LogP contribution in [0.4, 0.5) is 0 Å². The predicted molar refractivity (Wildman–Crippen MR) is 220 cm³/mol. The molecule has 0 radical (unpaired) electrons. The van der Waals surface area contributed by atoms with Gasteiger partial charge in [0.05, 0.1) is 22.1 Å². The molecule has 252 valence electrons. The number of aromatic nitrogens is 6. The quantitative estimate of drug-likeness (QED) is 0.180. The molecule has 0 aliphatic heterocycles. The smallest absolute Gasteiger partial charge is 0.236 e. The van der Waals surface area contributed by atoms with Gasteiger partial charge in [0, 0.05) is 43.9 Å². The van der Waals surface area contributed by atoms with Gasteiger partial charge < -0.3 is 4.57 Å². The van der Waals surface area contributed by atoms with Gasteiger partial charge in [-0.25, -0.2) is 19.9 Å². The third kappa shape index (κ3) is 4.60. The van der Waals surface area contributed by atoms with Gasteiger partial charge in [0.15, 0.2) is 5.82 Å². The van der Waals surface area contributed by atoms with Crippen molar-refractivity contribution in [3.8, 4) is 45.5 Å². The average molecular weight is 691 g/mol. The Morgan fingerprint density at radius 3 is 1.52 bits per heavy atom. The van der Waals surface area contributed by atoms with Crippen LogP contribution in [0.25, 0.3) is 100 Å². The molecule has 6 nitrogen and oxygen atoms in total. The summed E-state index contributed by atoms with van der Waals surface area (Å²) in [6.07, 6.45) is 0. The van der Waals surface area contributed by atoms with Crippen LogP contribution < -0.4 is 0 Å². The Kier molecular flexibility index (Phi) is 6.75. The predicted octanol–water partition coefficient (Wildman–Crippen LogP) is 11.6. The van der Waals surface area contributed by atoms with Crippen molar-refractivity contribution in [3.63, 3.8) is 0 Å². The summed E-state index contributed by atoms with van der Waals surface area (Å²) in [6.45, 7) is 0. The molecule has 7 aromatic carbocycles. The molecular weight excluding hydrogens is 661 g/mol. The SMILES string of the molecule is c1ccc(-c2nc(-c3ccccc3)c3nc(-n4c5ccccc5c5c4ccc4c6ccccc6n(-c6ccccc6)c45)nc(-c4ccccc4)c3n2)cc1. The van der Waals surface area contributed by atoms with Crippen molar-refractivity contribution in [2.75, 3.05) is 0 Å². The molecule has 0 amide bonds. The van der Waals surface area contributed by atoms with Crippen LogP contribution in [-0.4, -0.2) is 29.1 Å². The maximum absolute atomic E-state index is 5.44. The van der Waals surface area contributed by atoms with Gasteiger partial charge in [0.2, 0.25) is 5.95 Å². The zero-order valence-corrected chi connectivity index (χ0v) is 29.0. The molecule has 0 bridgehead atoms. The van der Waals surface area contributed by atoms with E-state index in [9.17, 15) is 0 Å². The van der Waals surface area contributed by atoms with Gasteiger partial charge in [0.1, 0.15) is 22.4 Å². The van der Waals surface area contributed by atoms with Crippen LogP contribution in [0.3, 0.4) is 0 Å². The van der Waals surface area contributed by atoms with Gasteiger partial charge in [-0.3, -0.25) is 4.57 Å². The number of benzene rings is 7. The third-order valence-electron chi connectivity index (χ3n) is 10.3. The van der Waals surface area contributed by atoms with Crippen molar-refractivity contribution in [1.29, 1.82) is 0 Å². The first-order valence-electron chi connectivity index (χ1n) is 18.1. The van der Waals surface area contributed by atoms with Crippen molar-refractivity contribution in [1.82, 2.24) is 29.1 Å². The van der Waals surface area contributed by atoms with E-state index in [4.69, 9.17) is 19.9 Å². The number of rotatable bonds is 5. The molecule has 0 spiro atoms. The Labute approximate surface area is 310 Å². The van der Waals surface area contributed by atoms with Crippen LogP contribution in [0, 0.1) is 0 Å². The van der Waals surface area contributed by atoms with Crippen LogP contribution >= 0.6 is 0 Å². The standard InChI is InChI=1S/C48H30N6/c1-5-17-31(18-6-1)42-45-44(50-47(49-42)33-21-9-3-10-22-33)43(32-19-7-2-8-20-32)51-48(52-45)54-39-28-16-14-26-37(39)41-40(54)30-29-36-35-25-13-15-27-38(35)53(46(36)41)34-23-11-4-12-24-34/h1-30H. The van der Waals surface area contributed by atoms with E-state index in [-0.39, 0.29) is 0 Å². The molecule has 0 unspecified atom stereocenters. The summed E-state index contributed by atoms with van der Waals surface area (Å²) in [6, 6.07) is 63.0. The first kappa shape index (κ1) is 30.2. The number of para-hydroxylation sites is 3. The van der Waals surface area contributed by atoms with E-state index in [1.807, 2.05) is 66.7 Å². The Morgan fingerprint density at radius 1 is 0.333 bits per heavy atom. The molecule has 0 atom stereocenters. The maximum Gasteiger partial charge on any atom is 0.236 e. The molecule has 0 aliphatic carbocycles. The first-order chi connectivity index (χ1) is 26.8. The normalized spacial score (nSPS) is 11.7. The lowest BCUT2D eigenvalue weighted by atomic mass is 10.1. The van der Waals surface area contributed by atoms with E-state index >= 15 is 0 Å². The summed E-state index contributed by atoms with van der Waals surface area (Å²) < 4.78 is 4.61. The molecule has 11 aromatic rings. The third-order valence-corrected chi connectivity index (χ3v) is 10.3. The maximum atomic E-state index is 5.44. The van der Waals surface area contributed by atoms with E-state index in [2.05, 4.69) is 124 Å². The molecule has 11 rings (SSSR count). The molecule has 0 fully saturated rings. The molecule has 0 N–H and O–H groups in total. The number of fused-ring (bicyclic) bond motifs is 8. The average Bonchev–Trinajstić information content (AvgIpc) is 3.77. The second kappa shape index (κ2) is 12.1. The summed E-state index contributed by atoms with van der Waals surface area (Å²) in [5, 5.41) is 4.68. The Bertz CT molecular complexity index is 3190. The minimum Gasteiger partial charge on any atom is -0.309 e. The van der Waals surface area contributed by atoms with E-state index in [1.165, 1.54) is 10.8 Å². The highest BCUT2D eigenvalue weighted by molar-refractivity contribution is 6.26. The van der Waals surface area contributed by atoms with E-state index in [0.29, 0.717) is 22.8 Å². The van der Waals surface area contributed by atoms with Crippen molar-refractivity contribution in [2.24, 2.45) is 0 Å². The Balaban J connectivity index is 1.29. The minimum atomic E-state index is 0.558. The zero-order chi connectivity index (χ0) is 35.6. The molecular formula is C48H30N6. The largest absolute Gasteiger partial charge is 0.309 e. The van der Waals surface area contributed by atoms with Crippen molar-refractivity contribution >= 4 is 54.6 Å². The summed E-state index contributed by atoms with van der Waals surface area (Å²) in [7, 11) is 0. The second-order valence-electron chi connectivity index (χ2n) is 13.5. The fourth-order valence-corrected chi connectivity index (χ4v) is 7.98. The number of nitrogens with zero attached hydrogens (tertiary/aromatic N) is 6. The first-order valence-corrected chi connectivity index (χ1v) is 18.1. The highest BCUT2D eigenvalue weighted by atomic mass is 15.2. The number of hydrogen-bond donors (Lipinski definition) is 0. The van der Waals surface area contributed by atoms with Gasteiger partial charge in [-0.2, -0.15) is 0 Å².